The van der Waals surface area contributed by atoms with Crippen LogP contribution in [0.1, 0.15) is 43.5 Å². The fourth-order valence-electron chi connectivity index (χ4n) is 4.25. The van der Waals surface area contributed by atoms with Crippen LogP contribution in [0.3, 0.4) is 0 Å². The molecule has 0 aliphatic carbocycles. The van der Waals surface area contributed by atoms with Crippen LogP contribution in [0.2, 0.25) is 0 Å². The van der Waals surface area contributed by atoms with E-state index in [0.717, 1.165) is 67.0 Å². The van der Waals surface area contributed by atoms with Crippen molar-refractivity contribution in [1.82, 2.24) is 14.9 Å². The number of anilines is 1. The summed E-state index contributed by atoms with van der Waals surface area (Å²) < 4.78 is 5.91. The maximum Gasteiger partial charge on any atom is 0.255 e. The Morgan fingerprint density at radius 2 is 2.06 bits per heavy atom. The number of nitrogens with zero attached hydrogens (tertiary/aromatic N) is 4. The third kappa shape index (κ3) is 5.45. The quantitative estimate of drug-likeness (QED) is 0.592. The fraction of sp³-hybridized carbons (Fsp3) is 0.480. The summed E-state index contributed by atoms with van der Waals surface area (Å²) in [5, 5.41) is 4.44. The van der Waals surface area contributed by atoms with Crippen molar-refractivity contribution in [3.05, 3.63) is 46.0 Å². The maximum absolute atomic E-state index is 11.4. The molecule has 0 saturated carbocycles. The van der Waals surface area contributed by atoms with Crippen LogP contribution in [0.5, 0.6) is 5.75 Å². The van der Waals surface area contributed by atoms with Crippen LogP contribution in [-0.4, -0.2) is 53.6 Å². The molecule has 33 heavy (non-hydrogen) atoms. The number of fused-ring (bicyclic) bond motifs is 1. The Morgan fingerprint density at radius 3 is 2.79 bits per heavy atom. The summed E-state index contributed by atoms with van der Waals surface area (Å²) in [7, 11) is 0. The van der Waals surface area contributed by atoms with Crippen LogP contribution in [0, 0.1) is 6.92 Å². The molecule has 7 nitrogen and oxygen atoms in total. The molecule has 3 aromatic rings. The summed E-state index contributed by atoms with van der Waals surface area (Å²) in [5.41, 5.74) is 9.43. The molecule has 3 heterocycles. The van der Waals surface area contributed by atoms with Crippen molar-refractivity contribution in [2.75, 3.05) is 37.7 Å². The number of pyridine rings is 1. The van der Waals surface area contributed by atoms with Crippen molar-refractivity contribution in [2.24, 2.45) is 5.73 Å². The zero-order chi connectivity index (χ0) is 23.6. The SMILES string of the molecule is Cc1cc2cccnc2c(N2CCCN(Cc3csc(C(C)(C)C)n3)CC2)c1OCC(N)=O. The van der Waals surface area contributed by atoms with Crippen LogP contribution in [0.25, 0.3) is 10.9 Å². The number of benzene rings is 1. The minimum atomic E-state index is -0.485. The van der Waals surface area contributed by atoms with Gasteiger partial charge in [-0.15, -0.1) is 11.3 Å². The molecule has 2 aromatic heterocycles. The molecule has 1 aliphatic heterocycles. The van der Waals surface area contributed by atoms with E-state index in [2.05, 4.69) is 53.1 Å². The largest absolute Gasteiger partial charge is 0.481 e. The van der Waals surface area contributed by atoms with Gasteiger partial charge in [-0.1, -0.05) is 26.8 Å². The van der Waals surface area contributed by atoms with E-state index in [1.807, 2.05) is 13.0 Å². The van der Waals surface area contributed by atoms with Crippen LogP contribution in [0.4, 0.5) is 5.69 Å². The molecule has 0 unspecified atom stereocenters. The standard InChI is InChI=1S/C25H33N5O2S/c1-17-13-18-7-5-8-27-21(18)22(23(17)32-15-20(26)31)30-10-6-9-29(11-12-30)14-19-16-33-24(28-19)25(2,3)4/h5,7-8,13,16H,6,9-12,14-15H2,1-4H3,(H2,26,31). The number of rotatable bonds is 6. The number of hydrogen-bond acceptors (Lipinski definition) is 7. The van der Waals surface area contributed by atoms with Gasteiger partial charge in [0.15, 0.2) is 6.61 Å². The highest BCUT2D eigenvalue weighted by Crippen LogP contribution is 2.39. The number of ether oxygens (including phenoxy) is 1. The number of aromatic nitrogens is 2. The summed E-state index contributed by atoms with van der Waals surface area (Å²) in [6.45, 7) is 13.0. The van der Waals surface area contributed by atoms with Gasteiger partial charge in [-0.2, -0.15) is 0 Å². The highest BCUT2D eigenvalue weighted by molar-refractivity contribution is 7.09. The topological polar surface area (TPSA) is 84.6 Å². The van der Waals surface area contributed by atoms with Crippen molar-refractivity contribution < 1.29 is 9.53 Å². The number of thiazole rings is 1. The number of hydrogen-bond donors (Lipinski definition) is 1. The molecule has 1 fully saturated rings. The Labute approximate surface area is 199 Å². The molecule has 1 amide bonds. The predicted molar refractivity (Wildman–Crippen MR) is 134 cm³/mol. The molecule has 0 atom stereocenters. The molecular formula is C25H33N5O2S. The molecule has 8 heteroatoms. The van der Waals surface area contributed by atoms with Crippen LogP contribution < -0.4 is 15.4 Å². The Kier molecular flexibility index (Phi) is 6.86. The molecule has 1 aliphatic rings. The average Bonchev–Trinajstić information content (AvgIpc) is 3.11. The van der Waals surface area contributed by atoms with E-state index in [1.165, 1.54) is 5.01 Å². The van der Waals surface area contributed by atoms with Crippen LogP contribution >= 0.6 is 11.3 Å². The molecular weight excluding hydrogens is 434 g/mol. The third-order valence-electron chi connectivity index (χ3n) is 5.85. The predicted octanol–water partition coefficient (Wildman–Crippen LogP) is 3.87. The molecule has 4 rings (SSSR count). The van der Waals surface area contributed by atoms with E-state index in [9.17, 15) is 4.79 Å². The van der Waals surface area contributed by atoms with Gasteiger partial charge < -0.3 is 15.4 Å². The number of carbonyl (C=O) groups is 1. The molecule has 2 N–H and O–H groups in total. The Bertz CT molecular complexity index is 1140. The van der Waals surface area contributed by atoms with Crippen molar-refractivity contribution in [3.63, 3.8) is 0 Å². The summed E-state index contributed by atoms with van der Waals surface area (Å²) >= 11 is 1.75. The van der Waals surface area contributed by atoms with Gasteiger partial charge in [0.2, 0.25) is 0 Å². The average molecular weight is 468 g/mol. The van der Waals surface area contributed by atoms with Gasteiger partial charge in [0, 0.05) is 55.1 Å². The van der Waals surface area contributed by atoms with E-state index in [0.29, 0.717) is 5.75 Å². The number of primary amides is 1. The first kappa shape index (κ1) is 23.4. The number of aryl methyl sites for hydroxylation is 1. The second kappa shape index (κ2) is 9.65. The second-order valence-corrected chi connectivity index (χ2v) is 10.6. The lowest BCUT2D eigenvalue weighted by Crippen LogP contribution is -2.31. The molecule has 1 aromatic carbocycles. The first-order chi connectivity index (χ1) is 15.7. The summed E-state index contributed by atoms with van der Waals surface area (Å²) in [5.74, 6) is 0.212. The van der Waals surface area contributed by atoms with E-state index in [4.69, 9.17) is 15.5 Å². The maximum atomic E-state index is 11.4. The lowest BCUT2D eigenvalue weighted by atomic mass is 9.98. The zero-order valence-electron chi connectivity index (χ0n) is 19.9. The van der Waals surface area contributed by atoms with E-state index in [1.54, 1.807) is 17.5 Å². The normalized spacial score (nSPS) is 15.6. The first-order valence-electron chi connectivity index (χ1n) is 11.4. The molecule has 0 bridgehead atoms. The van der Waals surface area contributed by atoms with Gasteiger partial charge >= 0.3 is 0 Å². The van der Waals surface area contributed by atoms with Gasteiger partial charge in [0.25, 0.3) is 5.91 Å². The van der Waals surface area contributed by atoms with Gasteiger partial charge in [-0.05, 0) is 31.0 Å². The monoisotopic (exact) mass is 467 g/mol. The number of amides is 1. The highest BCUT2D eigenvalue weighted by atomic mass is 32.1. The molecule has 176 valence electrons. The first-order valence-corrected chi connectivity index (χ1v) is 12.3. The summed E-state index contributed by atoms with van der Waals surface area (Å²) in [4.78, 5) is 25.8. The third-order valence-corrected chi connectivity index (χ3v) is 7.17. The van der Waals surface area contributed by atoms with Crippen LogP contribution in [-0.2, 0) is 16.8 Å². The lowest BCUT2D eigenvalue weighted by molar-refractivity contribution is -0.119. The summed E-state index contributed by atoms with van der Waals surface area (Å²) in [6.07, 6.45) is 2.83. The molecule has 1 saturated heterocycles. The lowest BCUT2D eigenvalue weighted by Gasteiger charge is -2.27. The minimum absolute atomic E-state index is 0.0824. The Balaban J connectivity index is 1.57. The van der Waals surface area contributed by atoms with Gasteiger partial charge in [0.05, 0.1) is 16.2 Å². The summed E-state index contributed by atoms with van der Waals surface area (Å²) in [6, 6.07) is 6.07. The van der Waals surface area contributed by atoms with Gasteiger partial charge in [0.1, 0.15) is 11.4 Å². The minimum Gasteiger partial charge on any atom is -0.481 e. The number of carbonyl (C=O) groups excluding carboxylic acids is 1. The Morgan fingerprint density at radius 1 is 1.24 bits per heavy atom. The van der Waals surface area contributed by atoms with Gasteiger partial charge in [-0.3, -0.25) is 14.7 Å². The van der Waals surface area contributed by atoms with Crippen molar-refractivity contribution in [3.8, 4) is 5.75 Å². The second-order valence-electron chi connectivity index (χ2n) is 9.71. The smallest absolute Gasteiger partial charge is 0.255 e. The van der Waals surface area contributed by atoms with E-state index < -0.39 is 5.91 Å². The van der Waals surface area contributed by atoms with Gasteiger partial charge in [-0.25, -0.2) is 4.98 Å². The van der Waals surface area contributed by atoms with Crippen molar-refractivity contribution in [2.45, 2.75) is 46.1 Å². The fourth-order valence-corrected chi connectivity index (χ4v) is 5.15. The van der Waals surface area contributed by atoms with Crippen molar-refractivity contribution in [1.29, 1.82) is 0 Å². The van der Waals surface area contributed by atoms with E-state index in [-0.39, 0.29) is 12.0 Å². The zero-order valence-corrected chi connectivity index (χ0v) is 20.7. The van der Waals surface area contributed by atoms with Crippen LogP contribution in [0.15, 0.2) is 29.8 Å². The molecule has 0 spiro atoms. The molecule has 0 radical (unpaired) electrons. The van der Waals surface area contributed by atoms with E-state index >= 15 is 0 Å². The number of nitrogens with two attached hydrogens (primary N) is 1. The Hall–Kier alpha value is -2.71. The highest BCUT2D eigenvalue weighted by Gasteiger charge is 2.24. The van der Waals surface area contributed by atoms with Crippen molar-refractivity contribution >= 4 is 33.8 Å².